The molecule has 0 aromatic heterocycles. The first kappa shape index (κ1) is 40.0. The number of ether oxygens (including phenoxy) is 2. The number of halogens is 1. The van der Waals surface area contributed by atoms with Crippen LogP contribution in [0.1, 0.15) is 51.2 Å². The topological polar surface area (TPSA) is 162 Å². The van der Waals surface area contributed by atoms with Gasteiger partial charge in [0.05, 0.1) is 12.6 Å². The number of hydrazine groups is 1. The quantitative estimate of drug-likeness (QED) is 0.0630. The Kier molecular flexibility index (Phi) is 16.8. The van der Waals surface area contributed by atoms with Gasteiger partial charge in [0.1, 0.15) is 6.04 Å². The summed E-state index contributed by atoms with van der Waals surface area (Å²) in [6.07, 6.45) is -0.694. The molecule has 0 aliphatic rings. The molecular formula is C36H49ClN6O7. The van der Waals surface area contributed by atoms with Crippen LogP contribution in [-0.2, 0) is 32.2 Å². The molecular weight excluding hydrogens is 664 g/mol. The van der Waals surface area contributed by atoms with Gasteiger partial charge in [0.25, 0.3) is 0 Å². The fourth-order valence-electron chi connectivity index (χ4n) is 5.46. The Morgan fingerprint density at radius 1 is 0.900 bits per heavy atom. The number of carbonyl (C=O) groups excluding carboxylic acids is 3. The van der Waals surface area contributed by atoms with Crippen molar-refractivity contribution in [3.8, 4) is 0 Å². The highest BCUT2D eigenvalue weighted by molar-refractivity contribution is 6.30. The van der Waals surface area contributed by atoms with Crippen LogP contribution in [0.4, 0.5) is 9.59 Å². The molecule has 272 valence electrons. The zero-order chi connectivity index (χ0) is 36.5. The molecule has 0 bridgehead atoms. The summed E-state index contributed by atoms with van der Waals surface area (Å²) in [5, 5.41) is 20.8. The van der Waals surface area contributed by atoms with Crippen molar-refractivity contribution in [1.29, 1.82) is 0 Å². The van der Waals surface area contributed by atoms with E-state index in [1.165, 1.54) is 5.01 Å². The molecule has 5 N–H and O–H groups in total. The summed E-state index contributed by atoms with van der Waals surface area (Å²) in [5.41, 5.74) is 4.37. The predicted octanol–water partition coefficient (Wildman–Crippen LogP) is 4.88. The molecule has 3 rings (SSSR count). The molecule has 0 saturated heterocycles. The molecule has 0 aliphatic carbocycles. The number of nitrogens with zero attached hydrogens (tertiary/aromatic N) is 2. The largest absolute Gasteiger partial charge is 0.465 e. The average Bonchev–Trinajstić information content (AvgIpc) is 3.08. The summed E-state index contributed by atoms with van der Waals surface area (Å²) in [6.45, 7) is 6.75. The van der Waals surface area contributed by atoms with E-state index in [4.69, 9.17) is 26.2 Å². The summed E-state index contributed by atoms with van der Waals surface area (Å²) >= 11 is 5.93. The molecule has 0 spiro atoms. The van der Waals surface area contributed by atoms with Gasteiger partial charge in [0.2, 0.25) is 11.8 Å². The zero-order valence-corrected chi connectivity index (χ0v) is 29.9. The first-order chi connectivity index (χ1) is 24.0. The van der Waals surface area contributed by atoms with Crippen LogP contribution in [-0.4, -0.2) is 90.7 Å². The van der Waals surface area contributed by atoms with Crippen molar-refractivity contribution in [1.82, 2.24) is 31.3 Å². The van der Waals surface area contributed by atoms with Crippen LogP contribution in [0.15, 0.2) is 66.7 Å². The second-order valence-electron chi connectivity index (χ2n) is 11.7. The van der Waals surface area contributed by atoms with Crippen molar-refractivity contribution >= 4 is 46.3 Å². The summed E-state index contributed by atoms with van der Waals surface area (Å²) in [4.78, 5) is 53.0. The standard InChI is InChI=1S/C36H49ClN6O7/c1-5-49-34(50-6-2)25(3)43(23-28-14-11-13-27-12-7-8-15-30(27)28)33(45)31(16-9-10-21-38-36(47)48)40-32(44)24-42(4)41-35(46)39-22-26-17-19-29(37)20-18-26/h7-8,11-15,17-20,25,31,34,38H,5-6,9-10,16,21-24H2,1-4H3,(H,40,44)(H,47,48)(H2,39,41,46). The fourth-order valence-corrected chi connectivity index (χ4v) is 5.58. The average molecular weight is 713 g/mol. The van der Waals surface area contributed by atoms with Gasteiger partial charge in [-0.15, -0.1) is 0 Å². The van der Waals surface area contributed by atoms with E-state index in [0.29, 0.717) is 31.1 Å². The van der Waals surface area contributed by atoms with Crippen molar-refractivity contribution in [3.05, 3.63) is 82.9 Å². The molecule has 13 nitrogen and oxygen atoms in total. The van der Waals surface area contributed by atoms with Crippen LogP contribution in [0.5, 0.6) is 0 Å². The Balaban J connectivity index is 1.79. The fraction of sp³-hybridized carbons (Fsp3) is 0.444. The summed E-state index contributed by atoms with van der Waals surface area (Å²) in [6, 6.07) is 18.9. The Hall–Kier alpha value is -4.43. The van der Waals surface area contributed by atoms with Gasteiger partial charge in [-0.05, 0) is 74.1 Å². The molecule has 0 fully saturated rings. The van der Waals surface area contributed by atoms with Gasteiger partial charge in [0.15, 0.2) is 6.29 Å². The third-order valence-electron chi connectivity index (χ3n) is 7.92. The SMILES string of the molecule is CCOC(OCC)C(C)N(Cc1cccc2ccccc12)C(=O)C(CCCCNC(=O)O)NC(=O)CN(C)NC(=O)NCc1ccc(Cl)cc1. The lowest BCUT2D eigenvalue weighted by Gasteiger charge is -2.37. The van der Waals surface area contributed by atoms with Crippen molar-refractivity contribution < 1.29 is 33.8 Å². The number of urea groups is 1. The van der Waals surface area contributed by atoms with Crippen molar-refractivity contribution in [3.63, 3.8) is 0 Å². The molecule has 2 atom stereocenters. The van der Waals surface area contributed by atoms with Crippen LogP contribution < -0.4 is 21.4 Å². The smallest absolute Gasteiger partial charge is 0.404 e. The van der Waals surface area contributed by atoms with Gasteiger partial charge >= 0.3 is 12.1 Å². The van der Waals surface area contributed by atoms with E-state index >= 15 is 0 Å². The number of carboxylic acid groups (broad SMARTS) is 1. The third kappa shape index (κ3) is 13.1. The number of likely N-dealkylation sites (N-methyl/N-ethyl adjacent to an activating group) is 1. The number of unbranched alkanes of at least 4 members (excludes halogenated alkanes) is 1. The van der Waals surface area contributed by atoms with E-state index in [1.807, 2.05) is 63.2 Å². The Morgan fingerprint density at radius 2 is 1.58 bits per heavy atom. The second-order valence-corrected chi connectivity index (χ2v) is 12.2. The normalized spacial score (nSPS) is 12.4. The van der Waals surface area contributed by atoms with Gasteiger partial charge in [-0.3, -0.25) is 15.0 Å². The van der Waals surface area contributed by atoms with Crippen molar-refractivity contribution in [2.75, 3.05) is 33.4 Å². The lowest BCUT2D eigenvalue weighted by molar-refractivity contribution is -0.179. The van der Waals surface area contributed by atoms with Gasteiger partial charge < -0.3 is 35.4 Å². The maximum Gasteiger partial charge on any atom is 0.404 e. The summed E-state index contributed by atoms with van der Waals surface area (Å²) in [7, 11) is 1.54. The van der Waals surface area contributed by atoms with Crippen molar-refractivity contribution in [2.45, 2.75) is 71.5 Å². The number of rotatable bonds is 20. The first-order valence-electron chi connectivity index (χ1n) is 16.8. The van der Waals surface area contributed by atoms with Gasteiger partial charge in [-0.2, -0.15) is 0 Å². The number of benzene rings is 3. The van der Waals surface area contributed by atoms with Crippen LogP contribution in [0.3, 0.4) is 0 Å². The highest BCUT2D eigenvalue weighted by Crippen LogP contribution is 2.23. The second kappa shape index (κ2) is 20.9. The zero-order valence-electron chi connectivity index (χ0n) is 29.1. The Morgan fingerprint density at radius 3 is 2.26 bits per heavy atom. The monoisotopic (exact) mass is 712 g/mol. The van der Waals surface area contributed by atoms with Gasteiger partial charge in [-0.25, -0.2) is 14.6 Å². The number of hydrogen-bond donors (Lipinski definition) is 5. The summed E-state index contributed by atoms with van der Waals surface area (Å²) < 4.78 is 11.8. The third-order valence-corrected chi connectivity index (χ3v) is 8.17. The molecule has 5 amide bonds. The minimum absolute atomic E-state index is 0.203. The molecule has 2 unspecified atom stereocenters. The van der Waals surface area contributed by atoms with E-state index < -0.39 is 36.4 Å². The van der Waals surface area contributed by atoms with Crippen LogP contribution >= 0.6 is 11.6 Å². The molecule has 3 aromatic carbocycles. The van der Waals surface area contributed by atoms with E-state index in [1.54, 1.807) is 36.2 Å². The van der Waals surface area contributed by atoms with E-state index in [-0.39, 0.29) is 38.5 Å². The van der Waals surface area contributed by atoms with Crippen LogP contribution in [0.25, 0.3) is 10.8 Å². The maximum absolute atomic E-state index is 14.5. The van der Waals surface area contributed by atoms with Gasteiger partial charge in [0, 0.05) is 44.9 Å². The number of amides is 5. The first-order valence-corrected chi connectivity index (χ1v) is 17.2. The lowest BCUT2D eigenvalue weighted by Crippen LogP contribution is -2.56. The Labute approximate surface area is 298 Å². The highest BCUT2D eigenvalue weighted by atomic mass is 35.5. The molecule has 50 heavy (non-hydrogen) atoms. The highest BCUT2D eigenvalue weighted by Gasteiger charge is 2.34. The number of fused-ring (bicyclic) bond motifs is 1. The minimum Gasteiger partial charge on any atom is -0.465 e. The van der Waals surface area contributed by atoms with Gasteiger partial charge in [-0.1, -0.05) is 66.2 Å². The Bertz CT molecular complexity index is 1530. The predicted molar refractivity (Wildman–Crippen MR) is 192 cm³/mol. The number of nitrogens with one attached hydrogen (secondary N) is 4. The van der Waals surface area contributed by atoms with E-state index in [0.717, 1.165) is 21.9 Å². The molecule has 3 aromatic rings. The minimum atomic E-state index is -1.13. The molecule has 14 heteroatoms. The van der Waals surface area contributed by atoms with Crippen molar-refractivity contribution in [2.24, 2.45) is 0 Å². The van der Waals surface area contributed by atoms with E-state index in [9.17, 15) is 19.2 Å². The number of carbonyl (C=O) groups is 4. The molecule has 0 radical (unpaired) electrons. The van der Waals surface area contributed by atoms with E-state index in [2.05, 4.69) is 21.4 Å². The number of hydrogen-bond acceptors (Lipinski definition) is 7. The molecule has 0 saturated carbocycles. The summed E-state index contributed by atoms with van der Waals surface area (Å²) in [5.74, 6) is -0.831. The molecule has 0 aliphatic heterocycles. The molecule has 0 heterocycles. The van der Waals surface area contributed by atoms with Crippen LogP contribution in [0, 0.1) is 0 Å². The lowest BCUT2D eigenvalue weighted by atomic mass is 10.0. The van der Waals surface area contributed by atoms with Crippen LogP contribution in [0.2, 0.25) is 5.02 Å². The maximum atomic E-state index is 14.5.